The minimum absolute atomic E-state index is 0.162. The maximum Gasteiger partial charge on any atom is 0.354 e. The number of thioether (sulfide) groups is 4. The van der Waals surface area contributed by atoms with Crippen LogP contribution in [0.5, 0.6) is 0 Å². The van der Waals surface area contributed by atoms with E-state index in [0.717, 1.165) is 11.5 Å². The molecular formula is C27H53O3PS4. The minimum Gasteiger partial charge on any atom is -0.307 e. The maximum atomic E-state index is 13.4. The molecule has 8 heteroatoms. The van der Waals surface area contributed by atoms with Gasteiger partial charge in [-0.25, -0.2) is 0 Å². The van der Waals surface area contributed by atoms with Crippen molar-refractivity contribution in [3.63, 3.8) is 0 Å². The van der Waals surface area contributed by atoms with Gasteiger partial charge in [0.2, 0.25) is 0 Å². The molecule has 35 heavy (non-hydrogen) atoms. The largest absolute Gasteiger partial charge is 0.354 e. The third kappa shape index (κ3) is 16.1. The molecule has 0 atom stereocenters. The summed E-state index contributed by atoms with van der Waals surface area (Å²) in [5.74, 6) is 2.31. The molecule has 0 amide bonds. The van der Waals surface area contributed by atoms with Crippen molar-refractivity contribution in [2.45, 2.75) is 135 Å². The van der Waals surface area contributed by atoms with Crippen molar-refractivity contribution in [3.05, 3.63) is 8.47 Å². The summed E-state index contributed by atoms with van der Waals surface area (Å²) in [5.41, 5.74) is 0. The van der Waals surface area contributed by atoms with Gasteiger partial charge >= 0.3 is 7.60 Å². The second-order valence-corrected chi connectivity index (χ2v) is 17.2. The Hall–Kier alpha value is 1.29. The third-order valence-corrected chi connectivity index (χ3v) is 15.4. The molecule has 0 unspecified atom stereocenters. The maximum absolute atomic E-state index is 13.4. The van der Waals surface area contributed by atoms with Crippen LogP contribution in [-0.2, 0) is 13.6 Å². The van der Waals surface area contributed by atoms with Crippen LogP contribution in [0.15, 0.2) is 8.47 Å². The van der Waals surface area contributed by atoms with Gasteiger partial charge in [0.25, 0.3) is 0 Å². The molecule has 0 aliphatic carbocycles. The van der Waals surface area contributed by atoms with E-state index in [-0.39, 0.29) is 4.32 Å². The van der Waals surface area contributed by atoms with Crippen molar-refractivity contribution in [3.8, 4) is 0 Å². The quantitative estimate of drug-likeness (QED) is 0.0780. The van der Waals surface area contributed by atoms with E-state index in [1.54, 1.807) is 23.5 Å². The molecule has 0 spiro atoms. The molecule has 0 aromatic rings. The number of unbranched alkanes of at least 4 members (excludes halogenated alkanes) is 14. The molecule has 0 N–H and O–H groups in total. The fourth-order valence-electron chi connectivity index (χ4n) is 3.94. The zero-order valence-corrected chi connectivity index (χ0v) is 27.2. The van der Waals surface area contributed by atoms with Crippen molar-refractivity contribution in [2.75, 3.05) is 24.7 Å². The highest BCUT2D eigenvalue weighted by molar-refractivity contribution is 8.40. The predicted octanol–water partition coefficient (Wildman–Crippen LogP) is 11.9. The first-order valence-corrected chi connectivity index (χ1v) is 19.7. The van der Waals surface area contributed by atoms with E-state index in [4.69, 9.17) is 9.05 Å². The van der Waals surface area contributed by atoms with Crippen molar-refractivity contribution in [1.82, 2.24) is 0 Å². The second-order valence-electron chi connectivity index (χ2n) is 9.14. The summed E-state index contributed by atoms with van der Waals surface area (Å²) in [6.45, 7) is 9.21. The molecule has 0 bridgehead atoms. The van der Waals surface area contributed by atoms with E-state index in [9.17, 15) is 4.57 Å². The first kappa shape index (κ1) is 34.3. The molecule has 1 heterocycles. The van der Waals surface area contributed by atoms with Crippen LogP contribution in [0.25, 0.3) is 0 Å². The number of hydrogen-bond donors (Lipinski definition) is 0. The minimum atomic E-state index is -3.11. The molecule has 208 valence electrons. The second kappa shape index (κ2) is 23.2. The molecule has 1 rings (SSSR count). The van der Waals surface area contributed by atoms with Crippen molar-refractivity contribution >= 4 is 54.6 Å². The Kier molecular flexibility index (Phi) is 22.7. The summed E-state index contributed by atoms with van der Waals surface area (Å²) in [6.07, 6.45) is 21.6. The van der Waals surface area contributed by atoms with E-state index < -0.39 is 7.60 Å². The van der Waals surface area contributed by atoms with Crippen LogP contribution in [0.2, 0.25) is 0 Å². The predicted molar refractivity (Wildman–Crippen MR) is 167 cm³/mol. The highest BCUT2D eigenvalue weighted by atomic mass is 32.3. The fraction of sp³-hybridized carbons (Fsp3) is 0.926. The molecule has 0 fully saturated rings. The standard InChI is InChI=1S/C27H53O3PS4/c1-5-9-11-13-15-17-19-21-23-32-25-26(33-24-22-20-18-16-14-12-10-6-2)35-27(34-25)31(28,29-7-3)30-8-4/h27H,5-24H2,1-4H3. The van der Waals surface area contributed by atoms with Crippen LogP contribution in [0.4, 0.5) is 0 Å². The Balaban J connectivity index is 2.46. The van der Waals surface area contributed by atoms with Crippen molar-refractivity contribution in [2.24, 2.45) is 0 Å². The smallest absolute Gasteiger partial charge is 0.307 e. The monoisotopic (exact) mass is 584 g/mol. The zero-order chi connectivity index (χ0) is 25.6. The van der Waals surface area contributed by atoms with E-state index in [1.165, 1.54) is 111 Å². The lowest BCUT2D eigenvalue weighted by Gasteiger charge is -2.21. The van der Waals surface area contributed by atoms with Crippen LogP contribution in [0.1, 0.15) is 130 Å². The van der Waals surface area contributed by atoms with E-state index in [2.05, 4.69) is 13.8 Å². The molecule has 0 radical (unpaired) electrons. The SMILES string of the molecule is CCCCCCCCCCSC1=C(SCCCCCCCCCC)SC(P(=O)(OCC)OCC)S1. The van der Waals surface area contributed by atoms with E-state index in [0.29, 0.717) is 13.2 Å². The highest BCUT2D eigenvalue weighted by Gasteiger charge is 2.43. The Morgan fingerprint density at radius 2 is 0.943 bits per heavy atom. The van der Waals surface area contributed by atoms with Crippen LogP contribution in [0.3, 0.4) is 0 Å². The molecule has 0 saturated carbocycles. The lowest BCUT2D eigenvalue weighted by atomic mass is 10.1. The third-order valence-electron chi connectivity index (χ3n) is 5.92. The Morgan fingerprint density at radius 1 is 0.600 bits per heavy atom. The summed E-state index contributed by atoms with van der Waals surface area (Å²) < 4.78 is 27.4. The summed E-state index contributed by atoms with van der Waals surface area (Å²) >= 11 is 7.40. The van der Waals surface area contributed by atoms with Gasteiger partial charge in [-0.15, -0.1) is 23.5 Å². The van der Waals surface area contributed by atoms with Gasteiger partial charge in [0.05, 0.1) is 21.7 Å². The van der Waals surface area contributed by atoms with Gasteiger partial charge < -0.3 is 9.05 Å². The van der Waals surface area contributed by atoms with Crippen molar-refractivity contribution < 1.29 is 13.6 Å². The summed E-state index contributed by atoms with van der Waals surface area (Å²) in [4.78, 5) is 0. The number of rotatable bonds is 25. The molecule has 0 saturated heterocycles. The van der Waals surface area contributed by atoms with Gasteiger partial charge in [0.1, 0.15) is 0 Å². The van der Waals surface area contributed by atoms with Gasteiger partial charge in [-0.3, -0.25) is 4.57 Å². The Labute approximate surface area is 235 Å². The summed E-state index contributed by atoms with van der Waals surface area (Å²) in [6, 6.07) is 0. The van der Waals surface area contributed by atoms with E-state index in [1.807, 2.05) is 37.4 Å². The first-order valence-electron chi connectivity index (χ1n) is 14.3. The van der Waals surface area contributed by atoms with Crippen LogP contribution in [-0.4, -0.2) is 29.0 Å². The molecular weight excluding hydrogens is 532 g/mol. The first-order chi connectivity index (χ1) is 17.1. The van der Waals surface area contributed by atoms with Gasteiger partial charge in [-0.1, -0.05) is 127 Å². The molecule has 1 aliphatic heterocycles. The lowest BCUT2D eigenvalue weighted by Crippen LogP contribution is -2.04. The molecule has 0 aromatic heterocycles. The topological polar surface area (TPSA) is 35.5 Å². The van der Waals surface area contributed by atoms with Gasteiger partial charge in [0, 0.05) is 0 Å². The van der Waals surface area contributed by atoms with Crippen LogP contribution < -0.4 is 0 Å². The zero-order valence-electron chi connectivity index (χ0n) is 23.0. The molecule has 3 nitrogen and oxygen atoms in total. The number of hydrogen-bond acceptors (Lipinski definition) is 7. The average Bonchev–Trinajstić information content (AvgIpc) is 3.26. The van der Waals surface area contributed by atoms with Crippen LogP contribution >= 0.6 is 54.6 Å². The van der Waals surface area contributed by atoms with E-state index >= 15 is 0 Å². The van der Waals surface area contributed by atoms with Gasteiger partial charge in [-0.2, -0.15) is 0 Å². The molecule has 0 aromatic carbocycles. The fourth-order valence-corrected chi connectivity index (χ4v) is 13.7. The van der Waals surface area contributed by atoms with Crippen molar-refractivity contribution in [1.29, 1.82) is 0 Å². The normalized spacial score (nSPS) is 15.0. The summed E-state index contributed by atoms with van der Waals surface area (Å²) in [5, 5.41) is 0. The highest BCUT2D eigenvalue weighted by Crippen LogP contribution is 2.70. The molecule has 1 aliphatic rings. The lowest BCUT2D eigenvalue weighted by molar-refractivity contribution is 0.223. The van der Waals surface area contributed by atoms with Gasteiger partial charge in [-0.05, 0) is 38.2 Å². The van der Waals surface area contributed by atoms with Gasteiger partial charge in [0.15, 0.2) is 4.32 Å². The summed E-state index contributed by atoms with van der Waals surface area (Å²) in [7, 11) is -3.11. The Morgan fingerprint density at radius 3 is 1.29 bits per heavy atom. The average molecular weight is 585 g/mol. The van der Waals surface area contributed by atoms with Crippen LogP contribution in [0, 0.1) is 0 Å². The Bertz CT molecular complexity index is 545.